The molecule has 2 unspecified atom stereocenters. The van der Waals surface area contributed by atoms with Gasteiger partial charge >= 0.3 is 5.97 Å². The van der Waals surface area contributed by atoms with Gasteiger partial charge < -0.3 is 14.6 Å². The monoisotopic (exact) mass is 243 g/mol. The molecular weight excluding hydrogens is 226 g/mol. The highest BCUT2D eigenvalue weighted by Gasteiger charge is 2.40. The largest absolute Gasteiger partial charge is 0.463 e. The van der Waals surface area contributed by atoms with Gasteiger partial charge in [-0.05, 0) is 17.4 Å². The molecule has 96 valence electrons. The molecule has 1 fully saturated rings. The summed E-state index contributed by atoms with van der Waals surface area (Å²) in [5, 5.41) is 13.2. The lowest BCUT2D eigenvalue weighted by Gasteiger charge is -2.40. The summed E-state index contributed by atoms with van der Waals surface area (Å²) in [6.45, 7) is 5.19. The fraction of sp³-hybridized carbons (Fsp3) is 0.900. The number of carbonyl (C=O) groups is 1. The van der Waals surface area contributed by atoms with Crippen LogP contribution in [-0.4, -0.2) is 36.1 Å². The first-order chi connectivity index (χ1) is 7.97. The number of hydrogen-bond acceptors (Lipinski definition) is 5. The van der Waals surface area contributed by atoms with Gasteiger partial charge in [-0.3, -0.25) is 4.79 Å². The van der Waals surface area contributed by atoms with Crippen LogP contribution < -0.4 is 0 Å². The van der Waals surface area contributed by atoms with E-state index < -0.39 is 12.3 Å². The number of carbonyl (C=O) groups excluding carboxylic acids is 1. The van der Waals surface area contributed by atoms with E-state index in [0.717, 1.165) is 0 Å². The fourth-order valence-corrected chi connectivity index (χ4v) is 1.91. The van der Waals surface area contributed by atoms with Gasteiger partial charge in [0.1, 0.15) is 6.61 Å². The molecular formula is C10H17N3O4. The molecule has 0 aromatic rings. The zero-order chi connectivity index (χ0) is 13.0. The quantitative estimate of drug-likeness (QED) is 0.348. The van der Waals surface area contributed by atoms with Gasteiger partial charge in [0.15, 0.2) is 6.29 Å². The van der Waals surface area contributed by atoms with E-state index in [1.54, 1.807) is 0 Å². The molecule has 0 amide bonds. The van der Waals surface area contributed by atoms with Crippen molar-refractivity contribution in [2.45, 2.75) is 39.2 Å². The van der Waals surface area contributed by atoms with Gasteiger partial charge in [0.25, 0.3) is 0 Å². The lowest BCUT2D eigenvalue weighted by atomic mass is 9.82. The average molecular weight is 243 g/mol. The molecule has 0 aromatic heterocycles. The minimum absolute atomic E-state index is 0.0215. The number of aliphatic hydroxyl groups is 1. The van der Waals surface area contributed by atoms with Gasteiger partial charge in [0.2, 0.25) is 0 Å². The third kappa shape index (κ3) is 3.33. The van der Waals surface area contributed by atoms with Crippen LogP contribution in [0.3, 0.4) is 0 Å². The summed E-state index contributed by atoms with van der Waals surface area (Å²) in [7, 11) is 0. The molecule has 1 N–H and O–H groups in total. The molecule has 5 atom stereocenters. The van der Waals surface area contributed by atoms with Crippen LogP contribution in [0.1, 0.15) is 20.8 Å². The number of ether oxygens (including phenoxy) is 2. The smallest absolute Gasteiger partial charge is 0.302 e. The summed E-state index contributed by atoms with van der Waals surface area (Å²) in [6.07, 6.45) is -1.54. The van der Waals surface area contributed by atoms with Crippen molar-refractivity contribution in [1.29, 1.82) is 0 Å². The summed E-state index contributed by atoms with van der Waals surface area (Å²) in [5.74, 6) is -0.413. The molecule has 7 heteroatoms. The minimum atomic E-state index is -1.15. The number of rotatable bonds is 3. The SMILES string of the molecule is CC(=O)OCC1OC(O)[C@@H](N=[N+]=[N-])[C@@H](C)[C@@H]1C. The minimum Gasteiger partial charge on any atom is -0.463 e. The van der Waals surface area contributed by atoms with Crippen molar-refractivity contribution in [2.75, 3.05) is 6.61 Å². The van der Waals surface area contributed by atoms with Crippen molar-refractivity contribution in [3.63, 3.8) is 0 Å². The molecule has 0 saturated carbocycles. The molecule has 0 aromatic carbocycles. The first-order valence-electron chi connectivity index (χ1n) is 5.48. The van der Waals surface area contributed by atoms with Crippen molar-refractivity contribution in [1.82, 2.24) is 0 Å². The predicted octanol–water partition coefficient (Wildman–Crippen LogP) is 1.22. The number of nitrogens with zero attached hydrogens (tertiary/aromatic N) is 3. The molecule has 0 radical (unpaired) electrons. The Labute approximate surface area is 99.3 Å². The lowest BCUT2D eigenvalue weighted by Crippen LogP contribution is -2.49. The van der Waals surface area contributed by atoms with Crippen LogP contribution in [0.5, 0.6) is 0 Å². The number of esters is 1. The van der Waals surface area contributed by atoms with Crippen molar-refractivity contribution in [3.05, 3.63) is 10.4 Å². The van der Waals surface area contributed by atoms with Crippen LogP contribution in [-0.2, 0) is 14.3 Å². The van der Waals surface area contributed by atoms with Gasteiger partial charge in [-0.2, -0.15) is 0 Å². The maximum Gasteiger partial charge on any atom is 0.302 e. The Bertz CT molecular complexity index is 330. The average Bonchev–Trinajstić information content (AvgIpc) is 2.27. The summed E-state index contributed by atoms with van der Waals surface area (Å²) in [6, 6.07) is -0.608. The van der Waals surface area contributed by atoms with E-state index in [4.69, 9.17) is 15.0 Å². The topological polar surface area (TPSA) is 105 Å². The fourth-order valence-electron chi connectivity index (χ4n) is 1.91. The second-order valence-electron chi connectivity index (χ2n) is 4.28. The van der Waals surface area contributed by atoms with Crippen LogP contribution in [0, 0.1) is 11.8 Å². The molecule has 17 heavy (non-hydrogen) atoms. The molecule has 0 bridgehead atoms. The van der Waals surface area contributed by atoms with Gasteiger partial charge in [-0.1, -0.05) is 19.0 Å². The first kappa shape index (κ1) is 13.8. The molecule has 1 aliphatic heterocycles. The van der Waals surface area contributed by atoms with Gasteiger partial charge in [-0.15, -0.1) is 0 Å². The van der Waals surface area contributed by atoms with Crippen molar-refractivity contribution < 1.29 is 19.4 Å². The molecule has 7 nitrogen and oxygen atoms in total. The van der Waals surface area contributed by atoms with Crippen LogP contribution in [0.25, 0.3) is 10.4 Å². The van der Waals surface area contributed by atoms with E-state index in [0.29, 0.717) is 0 Å². The summed E-state index contributed by atoms with van der Waals surface area (Å²) < 4.78 is 10.2. The van der Waals surface area contributed by atoms with Crippen LogP contribution >= 0.6 is 0 Å². The Morgan fingerprint density at radius 3 is 2.71 bits per heavy atom. The zero-order valence-electron chi connectivity index (χ0n) is 10.1. The van der Waals surface area contributed by atoms with Crippen LogP contribution in [0.2, 0.25) is 0 Å². The Hall–Kier alpha value is -1.30. The van der Waals surface area contributed by atoms with E-state index in [1.165, 1.54) is 6.92 Å². The van der Waals surface area contributed by atoms with E-state index in [1.807, 2.05) is 13.8 Å². The van der Waals surface area contributed by atoms with Crippen molar-refractivity contribution in [2.24, 2.45) is 17.0 Å². The van der Waals surface area contributed by atoms with Gasteiger partial charge in [0, 0.05) is 11.8 Å². The third-order valence-electron chi connectivity index (χ3n) is 3.20. The van der Waals surface area contributed by atoms with E-state index in [2.05, 4.69) is 10.0 Å². The highest BCUT2D eigenvalue weighted by molar-refractivity contribution is 5.65. The Morgan fingerprint density at radius 1 is 1.53 bits per heavy atom. The van der Waals surface area contributed by atoms with E-state index in [-0.39, 0.29) is 30.5 Å². The first-order valence-corrected chi connectivity index (χ1v) is 5.48. The van der Waals surface area contributed by atoms with E-state index >= 15 is 0 Å². The zero-order valence-corrected chi connectivity index (χ0v) is 10.1. The third-order valence-corrected chi connectivity index (χ3v) is 3.20. The maximum absolute atomic E-state index is 10.7. The Morgan fingerprint density at radius 2 is 2.18 bits per heavy atom. The maximum atomic E-state index is 10.7. The molecule has 1 saturated heterocycles. The van der Waals surface area contributed by atoms with Crippen molar-refractivity contribution >= 4 is 5.97 Å². The summed E-state index contributed by atoms with van der Waals surface area (Å²) in [5.41, 5.74) is 8.40. The lowest BCUT2D eigenvalue weighted by molar-refractivity contribution is -0.218. The Kier molecular flexibility index (Phi) is 4.74. The molecule has 0 aliphatic carbocycles. The molecule has 0 spiro atoms. The highest BCUT2D eigenvalue weighted by Crippen LogP contribution is 2.32. The number of aliphatic hydroxyl groups excluding tert-OH is 1. The standard InChI is InChI=1S/C10H17N3O4/c1-5-6(2)9(12-13-11)10(15)17-8(5)4-16-7(3)14/h5-6,8-10,15H,4H2,1-3H3/t5-,6-,8?,9-,10?/m0/s1. The van der Waals surface area contributed by atoms with Crippen molar-refractivity contribution in [3.8, 4) is 0 Å². The summed E-state index contributed by atoms with van der Waals surface area (Å²) >= 11 is 0. The highest BCUT2D eigenvalue weighted by atomic mass is 16.6. The second-order valence-corrected chi connectivity index (χ2v) is 4.28. The second kappa shape index (κ2) is 5.86. The normalized spacial score (nSPS) is 37.1. The number of azide groups is 1. The molecule has 1 aliphatic rings. The van der Waals surface area contributed by atoms with Crippen LogP contribution in [0.15, 0.2) is 5.11 Å². The van der Waals surface area contributed by atoms with Crippen LogP contribution in [0.4, 0.5) is 0 Å². The Balaban J connectivity index is 2.68. The summed E-state index contributed by atoms with van der Waals surface area (Å²) in [4.78, 5) is 13.4. The molecule has 1 heterocycles. The predicted molar refractivity (Wildman–Crippen MR) is 58.8 cm³/mol. The molecule has 1 rings (SSSR count). The van der Waals surface area contributed by atoms with Gasteiger partial charge in [-0.25, -0.2) is 0 Å². The number of hydrogen-bond donors (Lipinski definition) is 1. The van der Waals surface area contributed by atoms with E-state index in [9.17, 15) is 9.90 Å². The van der Waals surface area contributed by atoms with Gasteiger partial charge in [0.05, 0.1) is 12.1 Å².